The van der Waals surface area contributed by atoms with Crippen LogP contribution < -0.4 is 0 Å². The predicted molar refractivity (Wildman–Crippen MR) is 97.3 cm³/mol. The third-order valence-electron chi connectivity index (χ3n) is 4.96. The highest BCUT2D eigenvalue weighted by molar-refractivity contribution is 7.88. The maximum Gasteiger partial charge on any atom is 0.345 e. The summed E-state index contributed by atoms with van der Waals surface area (Å²) in [5.41, 5.74) is 0.622. The highest BCUT2D eigenvalue weighted by Gasteiger charge is 2.36. The van der Waals surface area contributed by atoms with Gasteiger partial charge in [-0.05, 0) is 63.5 Å². The number of rotatable bonds is 2. The summed E-state index contributed by atoms with van der Waals surface area (Å²) in [6.45, 7) is 3.95. The van der Waals surface area contributed by atoms with Gasteiger partial charge < -0.3 is 4.90 Å². The first kappa shape index (κ1) is 18.6. The average Bonchev–Trinajstić information content (AvgIpc) is 2.57. The molecule has 1 aromatic rings. The Morgan fingerprint density at radius 2 is 1.73 bits per heavy atom. The highest BCUT2D eigenvalue weighted by atomic mass is 32.2. The van der Waals surface area contributed by atoms with Crippen LogP contribution in [0.5, 0.6) is 0 Å². The fourth-order valence-corrected chi connectivity index (χ4v) is 4.37. The van der Waals surface area contributed by atoms with Gasteiger partial charge in [-0.25, -0.2) is 8.70 Å². The van der Waals surface area contributed by atoms with E-state index in [1.807, 2.05) is 13.8 Å². The van der Waals surface area contributed by atoms with Crippen LogP contribution >= 0.6 is 0 Å². The Labute approximate surface area is 153 Å². The van der Waals surface area contributed by atoms with Crippen molar-refractivity contribution < 1.29 is 17.6 Å². The number of allylic oxidation sites excluding steroid dienone is 1. The van der Waals surface area contributed by atoms with Crippen LogP contribution in [0.4, 0.5) is 4.39 Å². The maximum absolute atomic E-state index is 13.2. The fraction of sp³-hybridized carbons (Fsp3) is 0.444. The Kier molecular flexibility index (Phi) is 4.88. The van der Waals surface area contributed by atoms with Crippen molar-refractivity contribution in [3.63, 3.8) is 0 Å². The molecule has 0 bridgehead atoms. The summed E-state index contributed by atoms with van der Waals surface area (Å²) < 4.78 is 42.7. The van der Waals surface area contributed by atoms with Crippen molar-refractivity contribution in [1.29, 1.82) is 0 Å². The van der Waals surface area contributed by atoms with Crippen molar-refractivity contribution in [3.8, 4) is 0 Å². The normalized spacial score (nSPS) is 25.5. The second-order valence-electron chi connectivity index (χ2n) is 6.80. The van der Waals surface area contributed by atoms with Gasteiger partial charge in [0, 0.05) is 24.7 Å². The minimum Gasteiger partial charge on any atom is -0.332 e. The number of hydrogen-bond donors (Lipinski definition) is 0. The molecule has 0 aromatic heterocycles. The van der Waals surface area contributed by atoms with Gasteiger partial charge in [0.25, 0.3) is 5.91 Å². The molecule has 3 rings (SSSR count). The van der Waals surface area contributed by atoms with E-state index in [1.54, 1.807) is 4.90 Å². The van der Waals surface area contributed by atoms with Gasteiger partial charge >= 0.3 is 10.2 Å². The van der Waals surface area contributed by atoms with E-state index in [2.05, 4.69) is 4.40 Å². The lowest BCUT2D eigenvalue weighted by Gasteiger charge is -2.40. The molecule has 1 aromatic carbocycles. The highest BCUT2D eigenvalue weighted by Crippen LogP contribution is 2.28. The smallest absolute Gasteiger partial charge is 0.332 e. The van der Waals surface area contributed by atoms with Crippen LogP contribution in [0.2, 0.25) is 0 Å². The summed E-state index contributed by atoms with van der Waals surface area (Å²) in [6.07, 6.45) is 4.28. The molecule has 0 aliphatic carbocycles. The van der Waals surface area contributed by atoms with Crippen molar-refractivity contribution in [2.45, 2.75) is 45.2 Å². The third kappa shape index (κ3) is 3.38. The van der Waals surface area contributed by atoms with E-state index in [-0.39, 0.29) is 29.4 Å². The van der Waals surface area contributed by atoms with Gasteiger partial charge in [-0.15, -0.1) is 4.40 Å². The van der Waals surface area contributed by atoms with Gasteiger partial charge in [0.2, 0.25) is 0 Å². The summed E-state index contributed by atoms with van der Waals surface area (Å²) >= 11 is 0. The number of piperidine rings is 1. The van der Waals surface area contributed by atoms with Gasteiger partial charge in [0.1, 0.15) is 11.5 Å². The largest absolute Gasteiger partial charge is 0.345 e. The zero-order valence-corrected chi connectivity index (χ0v) is 15.8. The summed E-state index contributed by atoms with van der Waals surface area (Å²) in [7, 11) is -2.70. The average molecular weight is 379 g/mol. The first-order valence-corrected chi connectivity index (χ1v) is 9.99. The third-order valence-corrected chi connectivity index (χ3v) is 6.28. The molecule has 8 heteroatoms. The molecule has 140 valence electrons. The van der Waals surface area contributed by atoms with Crippen LogP contribution in [-0.4, -0.2) is 48.4 Å². The molecular weight excluding hydrogens is 357 g/mol. The minimum absolute atomic E-state index is 0.0383. The Morgan fingerprint density at radius 1 is 1.15 bits per heavy atom. The van der Waals surface area contributed by atoms with Crippen LogP contribution in [0.1, 0.15) is 38.7 Å². The number of carbonyl (C=O) groups is 1. The summed E-state index contributed by atoms with van der Waals surface area (Å²) in [4.78, 5) is 14.9. The van der Waals surface area contributed by atoms with E-state index in [0.29, 0.717) is 5.56 Å². The van der Waals surface area contributed by atoms with Crippen molar-refractivity contribution in [3.05, 3.63) is 47.4 Å². The van der Waals surface area contributed by atoms with Gasteiger partial charge in [0.05, 0.1) is 5.71 Å². The molecule has 1 saturated heterocycles. The molecule has 26 heavy (non-hydrogen) atoms. The molecule has 2 atom stereocenters. The van der Waals surface area contributed by atoms with E-state index >= 15 is 0 Å². The molecule has 0 unspecified atom stereocenters. The van der Waals surface area contributed by atoms with E-state index in [9.17, 15) is 17.6 Å². The summed E-state index contributed by atoms with van der Waals surface area (Å²) in [5, 5.41) is 0. The Balaban J connectivity index is 2.03. The quantitative estimate of drug-likeness (QED) is 0.793. The van der Waals surface area contributed by atoms with Gasteiger partial charge in [-0.3, -0.25) is 4.79 Å². The lowest BCUT2D eigenvalue weighted by Crippen LogP contribution is -2.50. The molecule has 2 aliphatic rings. The number of halogens is 1. The van der Waals surface area contributed by atoms with Crippen LogP contribution in [0.25, 0.3) is 0 Å². The molecule has 2 heterocycles. The van der Waals surface area contributed by atoms with Crippen LogP contribution in [0, 0.1) is 5.82 Å². The van der Waals surface area contributed by atoms with E-state index < -0.39 is 16.0 Å². The number of amides is 1. The van der Waals surface area contributed by atoms with E-state index in [4.69, 9.17) is 0 Å². The second kappa shape index (κ2) is 6.83. The standard InChI is InChI=1S/C18H22FN3O3S/c1-12-5-4-6-13(2)22(12)18(23)17-11-16(20-26(24,25)21(17)3)14-7-9-15(19)10-8-14/h7-13H,4-6H2,1-3H3/t12-,13-/m0/s1. The summed E-state index contributed by atoms with van der Waals surface area (Å²) in [6, 6.07) is 5.42. The topological polar surface area (TPSA) is 70.0 Å². The molecule has 0 N–H and O–H groups in total. The van der Waals surface area contributed by atoms with E-state index in [0.717, 1.165) is 23.6 Å². The molecule has 0 saturated carbocycles. The number of hydrogen-bond acceptors (Lipinski definition) is 3. The van der Waals surface area contributed by atoms with Crippen molar-refractivity contribution in [2.75, 3.05) is 7.05 Å². The summed E-state index contributed by atoms with van der Waals surface area (Å²) in [5.74, 6) is -0.758. The molecule has 0 spiro atoms. The van der Waals surface area contributed by atoms with Crippen LogP contribution in [-0.2, 0) is 15.0 Å². The number of benzene rings is 1. The molecular formula is C18H22FN3O3S. The SMILES string of the molecule is C[C@H]1CCC[C@H](C)N1C(=O)C1=CC(c2ccc(F)cc2)=NS(=O)(=O)N1C. The Hall–Kier alpha value is -2.22. The number of nitrogens with zero attached hydrogens (tertiary/aromatic N) is 3. The first-order chi connectivity index (χ1) is 12.2. The molecule has 1 amide bonds. The zero-order valence-electron chi connectivity index (χ0n) is 15.0. The fourth-order valence-electron chi connectivity index (χ4n) is 3.46. The minimum atomic E-state index is -4.02. The molecule has 6 nitrogen and oxygen atoms in total. The monoisotopic (exact) mass is 379 g/mol. The van der Waals surface area contributed by atoms with Gasteiger partial charge in [-0.1, -0.05) is 0 Å². The molecule has 1 fully saturated rings. The Morgan fingerprint density at radius 3 is 2.31 bits per heavy atom. The molecule has 2 aliphatic heterocycles. The lowest BCUT2D eigenvalue weighted by atomic mass is 9.97. The number of carbonyl (C=O) groups excluding carboxylic acids is 1. The van der Waals surface area contributed by atoms with E-state index in [1.165, 1.54) is 37.4 Å². The first-order valence-electron chi connectivity index (χ1n) is 8.60. The van der Waals surface area contributed by atoms with Crippen molar-refractivity contribution in [2.24, 2.45) is 4.40 Å². The van der Waals surface area contributed by atoms with Crippen molar-refractivity contribution >= 4 is 21.8 Å². The zero-order chi connectivity index (χ0) is 19.1. The maximum atomic E-state index is 13.2. The second-order valence-corrected chi connectivity index (χ2v) is 8.43. The number of likely N-dealkylation sites (tertiary alicyclic amines) is 1. The van der Waals surface area contributed by atoms with Crippen LogP contribution in [0.3, 0.4) is 0 Å². The lowest BCUT2D eigenvalue weighted by molar-refractivity contribution is -0.134. The Bertz CT molecular complexity index is 867. The molecule has 0 radical (unpaired) electrons. The number of likely N-dealkylation sites (N-methyl/N-ethyl adjacent to an activating group) is 1. The predicted octanol–water partition coefficient (Wildman–Crippen LogP) is 2.48. The van der Waals surface area contributed by atoms with Gasteiger partial charge in [0.15, 0.2) is 0 Å². The van der Waals surface area contributed by atoms with Crippen molar-refractivity contribution in [1.82, 2.24) is 9.21 Å². The van der Waals surface area contributed by atoms with Gasteiger partial charge in [-0.2, -0.15) is 8.42 Å². The van der Waals surface area contributed by atoms with Crippen LogP contribution in [0.15, 0.2) is 40.4 Å².